The van der Waals surface area contributed by atoms with Gasteiger partial charge in [0.1, 0.15) is 6.04 Å². The Morgan fingerprint density at radius 2 is 1.92 bits per heavy atom. The molecular weight excluding hydrogens is 354 g/mol. The molecule has 0 bridgehead atoms. The molecule has 1 aromatic rings. The van der Waals surface area contributed by atoms with Crippen molar-refractivity contribution in [2.75, 3.05) is 6.61 Å². The molecule has 0 fully saturated rings. The fourth-order valence-corrected chi connectivity index (χ4v) is 1.81. The molecule has 0 aliphatic carbocycles. The fourth-order valence-electron chi connectivity index (χ4n) is 1.81. The second-order valence-corrected chi connectivity index (χ2v) is 5.43. The van der Waals surface area contributed by atoms with Crippen molar-refractivity contribution in [3.8, 4) is 0 Å². The molecule has 1 aromatic heterocycles. The lowest BCUT2D eigenvalue weighted by Crippen LogP contribution is -2.48. The van der Waals surface area contributed by atoms with E-state index >= 15 is 0 Å². The van der Waals surface area contributed by atoms with Crippen molar-refractivity contribution in [1.29, 1.82) is 0 Å². The van der Waals surface area contributed by atoms with Gasteiger partial charge < -0.3 is 41.3 Å². The van der Waals surface area contributed by atoms with Gasteiger partial charge in [0.15, 0.2) is 11.9 Å². The van der Waals surface area contributed by atoms with Crippen molar-refractivity contribution in [1.82, 2.24) is 20.8 Å². The third-order valence-electron chi connectivity index (χ3n) is 3.31. The third kappa shape index (κ3) is 6.27. The predicted molar refractivity (Wildman–Crippen MR) is 82.7 cm³/mol. The summed E-state index contributed by atoms with van der Waals surface area (Å²) in [6.07, 6.45) is -1.46. The number of aliphatic hydroxyl groups is 2. The van der Waals surface area contributed by atoms with Crippen LogP contribution in [-0.4, -0.2) is 67.3 Å². The van der Waals surface area contributed by atoms with Crippen molar-refractivity contribution in [3.63, 3.8) is 0 Å². The Morgan fingerprint density at radius 1 is 1.27 bits per heavy atom. The number of nitrogens with two attached hydrogens (primary N) is 1. The monoisotopic (exact) mass is 375 g/mol. The highest BCUT2D eigenvalue weighted by Crippen LogP contribution is 2.19. The number of hydrogen-bond acceptors (Lipinski definition) is 9. The van der Waals surface area contributed by atoms with Gasteiger partial charge >= 0.3 is 18.0 Å². The summed E-state index contributed by atoms with van der Waals surface area (Å²) < 4.78 is 4.96. The van der Waals surface area contributed by atoms with E-state index < -0.39 is 48.8 Å². The van der Waals surface area contributed by atoms with E-state index in [1.807, 2.05) is 5.32 Å². The number of carboxylic acids is 2. The molecule has 4 atom stereocenters. The summed E-state index contributed by atoms with van der Waals surface area (Å²) in [5.41, 5.74) is 5.67. The van der Waals surface area contributed by atoms with E-state index in [4.69, 9.17) is 25.6 Å². The Bertz CT molecular complexity index is 634. The first-order chi connectivity index (χ1) is 12.1. The van der Waals surface area contributed by atoms with Crippen LogP contribution in [0.5, 0.6) is 0 Å². The van der Waals surface area contributed by atoms with Crippen LogP contribution in [0.3, 0.4) is 0 Å². The average molecular weight is 375 g/mol. The lowest BCUT2D eigenvalue weighted by molar-refractivity contribution is -0.140. The zero-order valence-electron chi connectivity index (χ0n) is 13.8. The summed E-state index contributed by atoms with van der Waals surface area (Å²) in [5, 5.41) is 43.8. The number of carbonyl (C=O) groups is 3. The Hall–Kier alpha value is -2.77. The fraction of sp³-hybridized carbons (Fsp3) is 0.615. The highest BCUT2D eigenvalue weighted by molar-refractivity contribution is 5.82. The van der Waals surface area contributed by atoms with Gasteiger partial charge in [-0.15, -0.1) is 0 Å². The molecule has 0 radical (unpaired) electrons. The van der Waals surface area contributed by atoms with Gasteiger partial charge in [-0.3, -0.25) is 4.79 Å². The topological polar surface area (TPSA) is 221 Å². The summed E-state index contributed by atoms with van der Waals surface area (Å²) in [4.78, 5) is 37.4. The standard InChI is InChI=1S/C13H21N5O8/c1-5(20)9(14)10-17-11(26-18-10)6(2-3-8(21)22)15-13(25)16-7(4-19)12(23)24/h5-7,9,19-20H,2-4,14H2,1H3,(H,21,22)(H,23,24)(H2,15,16,25)/t5?,6-,7-,9-/m0/s1. The number of carbonyl (C=O) groups excluding carboxylic acids is 1. The molecule has 1 heterocycles. The first kappa shape index (κ1) is 21.3. The van der Waals surface area contributed by atoms with E-state index in [2.05, 4.69) is 15.5 Å². The molecular formula is C13H21N5O8. The molecule has 0 saturated heterocycles. The minimum absolute atomic E-state index is 0.0451. The number of carboxylic acid groups (broad SMARTS) is 2. The minimum atomic E-state index is -1.54. The zero-order valence-corrected chi connectivity index (χ0v) is 13.8. The molecule has 0 aliphatic heterocycles. The largest absolute Gasteiger partial charge is 0.481 e. The molecule has 2 amide bonds. The van der Waals surface area contributed by atoms with Crippen LogP contribution in [0.2, 0.25) is 0 Å². The summed E-state index contributed by atoms with van der Waals surface area (Å²) in [6.45, 7) is 0.575. The van der Waals surface area contributed by atoms with Crippen molar-refractivity contribution in [2.24, 2.45) is 5.73 Å². The number of rotatable bonds is 10. The van der Waals surface area contributed by atoms with Crippen molar-refractivity contribution < 1.29 is 39.3 Å². The first-order valence-electron chi connectivity index (χ1n) is 7.55. The van der Waals surface area contributed by atoms with Crippen molar-refractivity contribution >= 4 is 18.0 Å². The van der Waals surface area contributed by atoms with Gasteiger partial charge in [0.25, 0.3) is 0 Å². The molecule has 146 valence electrons. The normalized spacial score (nSPS) is 15.5. The van der Waals surface area contributed by atoms with Crippen molar-refractivity contribution in [2.45, 2.75) is 44.0 Å². The van der Waals surface area contributed by atoms with E-state index in [0.29, 0.717) is 0 Å². The quantitative estimate of drug-likeness (QED) is 0.239. The smallest absolute Gasteiger partial charge is 0.328 e. The zero-order chi connectivity index (χ0) is 19.9. The molecule has 26 heavy (non-hydrogen) atoms. The van der Waals surface area contributed by atoms with E-state index in [1.54, 1.807) is 0 Å². The van der Waals surface area contributed by atoms with E-state index in [0.717, 1.165) is 0 Å². The Labute approximate surface area is 147 Å². The number of amides is 2. The molecule has 0 aromatic carbocycles. The minimum Gasteiger partial charge on any atom is -0.481 e. The number of aliphatic carboxylic acids is 2. The molecule has 1 unspecified atom stereocenters. The highest BCUT2D eigenvalue weighted by atomic mass is 16.5. The molecule has 0 saturated carbocycles. The van der Waals surface area contributed by atoms with Crippen LogP contribution in [-0.2, 0) is 9.59 Å². The summed E-state index contributed by atoms with van der Waals surface area (Å²) in [7, 11) is 0. The maximum atomic E-state index is 11.9. The Kier molecular flexibility index (Phi) is 7.89. The first-order valence-corrected chi connectivity index (χ1v) is 7.55. The summed E-state index contributed by atoms with van der Waals surface area (Å²) in [5.74, 6) is -2.80. The molecule has 13 nitrogen and oxygen atoms in total. The van der Waals surface area contributed by atoms with Gasteiger partial charge in [-0.1, -0.05) is 5.16 Å². The van der Waals surface area contributed by atoms with Gasteiger partial charge in [-0.2, -0.15) is 4.98 Å². The molecule has 1 rings (SSSR count). The third-order valence-corrected chi connectivity index (χ3v) is 3.31. The van der Waals surface area contributed by atoms with E-state index in [-0.39, 0.29) is 24.6 Å². The van der Waals surface area contributed by atoms with Gasteiger partial charge in [-0.25, -0.2) is 9.59 Å². The van der Waals surface area contributed by atoms with Crippen LogP contribution < -0.4 is 16.4 Å². The molecule has 13 heteroatoms. The van der Waals surface area contributed by atoms with Gasteiger partial charge in [0, 0.05) is 6.42 Å². The predicted octanol–water partition coefficient (Wildman–Crippen LogP) is -1.90. The second kappa shape index (κ2) is 9.65. The summed E-state index contributed by atoms with van der Waals surface area (Å²) in [6, 6.07) is -4.53. The Morgan fingerprint density at radius 3 is 2.42 bits per heavy atom. The number of urea groups is 1. The maximum absolute atomic E-state index is 11.9. The average Bonchev–Trinajstić information content (AvgIpc) is 3.04. The van der Waals surface area contributed by atoms with Crippen LogP contribution in [0.25, 0.3) is 0 Å². The van der Waals surface area contributed by atoms with Crippen LogP contribution in [0.4, 0.5) is 4.79 Å². The molecule has 0 aliphatic rings. The number of aromatic nitrogens is 2. The van der Waals surface area contributed by atoms with Gasteiger partial charge in [-0.05, 0) is 13.3 Å². The van der Waals surface area contributed by atoms with Gasteiger partial charge in [0.2, 0.25) is 5.89 Å². The number of hydrogen-bond donors (Lipinski definition) is 7. The SMILES string of the molecule is CC(O)[C@H](N)c1noc([C@H](CCC(=O)O)NC(=O)N[C@@H](CO)C(=O)O)n1. The van der Waals surface area contributed by atoms with Crippen LogP contribution in [0, 0.1) is 0 Å². The second-order valence-electron chi connectivity index (χ2n) is 5.43. The summed E-state index contributed by atoms with van der Waals surface area (Å²) >= 11 is 0. The molecule has 8 N–H and O–H groups in total. The van der Waals surface area contributed by atoms with E-state index in [1.165, 1.54) is 6.92 Å². The lowest BCUT2D eigenvalue weighted by atomic mass is 10.1. The van der Waals surface area contributed by atoms with Crippen LogP contribution >= 0.6 is 0 Å². The molecule has 0 spiro atoms. The number of nitrogens with zero attached hydrogens (tertiary/aromatic N) is 2. The Balaban J connectivity index is 2.89. The maximum Gasteiger partial charge on any atom is 0.328 e. The van der Waals surface area contributed by atoms with E-state index in [9.17, 15) is 19.5 Å². The van der Waals surface area contributed by atoms with Crippen LogP contribution in [0.1, 0.15) is 43.6 Å². The number of nitrogens with one attached hydrogen (secondary N) is 2. The highest BCUT2D eigenvalue weighted by Gasteiger charge is 2.27. The number of aliphatic hydroxyl groups excluding tert-OH is 2. The van der Waals surface area contributed by atoms with Gasteiger partial charge in [0.05, 0.1) is 18.8 Å². The van der Waals surface area contributed by atoms with Crippen molar-refractivity contribution in [3.05, 3.63) is 11.7 Å². The lowest BCUT2D eigenvalue weighted by Gasteiger charge is -2.17. The van der Waals surface area contributed by atoms with Crippen LogP contribution in [0.15, 0.2) is 4.52 Å².